The molecule has 1 aromatic heterocycles. The molecule has 1 unspecified atom stereocenters. The average Bonchev–Trinajstić information content (AvgIpc) is 2.69. The highest BCUT2D eigenvalue weighted by molar-refractivity contribution is 9.10. The van der Waals surface area contributed by atoms with Crippen LogP contribution in [0, 0.1) is 5.41 Å². The maximum Gasteiger partial charge on any atom is 0.131 e. The summed E-state index contributed by atoms with van der Waals surface area (Å²) in [6.45, 7) is 5.51. The Bertz CT molecular complexity index is 332. The molecule has 1 aromatic rings. The predicted molar refractivity (Wildman–Crippen MR) is 64.7 cm³/mol. The fraction of sp³-hybridized carbons (Fsp3) is 0.667. The van der Waals surface area contributed by atoms with Crippen LogP contribution in [-0.4, -0.2) is 6.04 Å². The van der Waals surface area contributed by atoms with Gasteiger partial charge in [-0.3, -0.25) is 0 Å². The monoisotopic (exact) mass is 271 g/mol. The Balaban J connectivity index is 1.91. The van der Waals surface area contributed by atoms with Crippen molar-refractivity contribution >= 4 is 15.9 Å². The molecular weight excluding hydrogens is 254 g/mol. The molecule has 1 fully saturated rings. The summed E-state index contributed by atoms with van der Waals surface area (Å²) in [4.78, 5) is 0. The van der Waals surface area contributed by atoms with Crippen LogP contribution in [0.15, 0.2) is 21.2 Å². The average molecular weight is 272 g/mol. The molecule has 2 rings (SSSR count). The van der Waals surface area contributed by atoms with Crippen molar-refractivity contribution < 1.29 is 4.42 Å². The zero-order valence-electron chi connectivity index (χ0n) is 9.35. The Morgan fingerprint density at radius 3 is 2.93 bits per heavy atom. The number of furan rings is 1. The van der Waals surface area contributed by atoms with Crippen molar-refractivity contribution in [2.75, 3.05) is 0 Å². The number of halogens is 1. The van der Waals surface area contributed by atoms with E-state index in [0.29, 0.717) is 11.5 Å². The van der Waals surface area contributed by atoms with Crippen molar-refractivity contribution in [2.24, 2.45) is 5.41 Å². The van der Waals surface area contributed by atoms with Gasteiger partial charge in [0.2, 0.25) is 0 Å². The van der Waals surface area contributed by atoms with Crippen LogP contribution >= 0.6 is 15.9 Å². The van der Waals surface area contributed by atoms with Gasteiger partial charge >= 0.3 is 0 Å². The van der Waals surface area contributed by atoms with Crippen molar-refractivity contribution in [1.82, 2.24) is 5.32 Å². The largest absolute Gasteiger partial charge is 0.467 e. The molecule has 3 heteroatoms. The smallest absolute Gasteiger partial charge is 0.131 e. The molecule has 0 radical (unpaired) electrons. The summed E-state index contributed by atoms with van der Waals surface area (Å²) in [6, 6.07) is 2.56. The number of nitrogens with one attached hydrogen (secondary N) is 1. The Morgan fingerprint density at radius 2 is 2.40 bits per heavy atom. The summed E-state index contributed by atoms with van der Waals surface area (Å²) in [6.07, 6.45) is 5.67. The van der Waals surface area contributed by atoms with Gasteiger partial charge in [-0.2, -0.15) is 0 Å². The zero-order valence-corrected chi connectivity index (χ0v) is 10.9. The zero-order chi connectivity index (χ0) is 10.9. The molecule has 0 spiro atoms. The molecular formula is C12H18BrNO. The Labute approximate surface area is 99.6 Å². The van der Waals surface area contributed by atoms with E-state index >= 15 is 0 Å². The number of rotatable bonds is 3. The van der Waals surface area contributed by atoms with E-state index in [1.807, 2.05) is 6.07 Å². The van der Waals surface area contributed by atoms with Crippen LogP contribution in [0.1, 0.15) is 38.9 Å². The number of hydrogen-bond acceptors (Lipinski definition) is 2. The molecule has 1 aliphatic rings. The van der Waals surface area contributed by atoms with Crippen molar-refractivity contribution in [3.05, 3.63) is 22.6 Å². The highest BCUT2D eigenvalue weighted by atomic mass is 79.9. The van der Waals surface area contributed by atoms with Crippen LogP contribution in [0.4, 0.5) is 0 Å². The standard InChI is InChI=1S/C12H18BrNO/c1-12(2)6-3-4-11(12)14-8-10-9(13)5-7-15-10/h5,7,11,14H,3-4,6,8H2,1-2H3. The summed E-state index contributed by atoms with van der Waals surface area (Å²) in [7, 11) is 0. The molecule has 1 heterocycles. The minimum Gasteiger partial charge on any atom is -0.467 e. The highest BCUT2D eigenvalue weighted by Gasteiger charge is 2.33. The first-order valence-electron chi connectivity index (χ1n) is 5.55. The summed E-state index contributed by atoms with van der Waals surface area (Å²) in [5.41, 5.74) is 0.430. The molecule has 0 amide bonds. The summed E-state index contributed by atoms with van der Waals surface area (Å²) in [5.74, 6) is 0.998. The van der Waals surface area contributed by atoms with Gasteiger partial charge in [-0.1, -0.05) is 20.3 Å². The van der Waals surface area contributed by atoms with Gasteiger partial charge in [-0.25, -0.2) is 0 Å². The van der Waals surface area contributed by atoms with Gasteiger partial charge in [0.25, 0.3) is 0 Å². The van der Waals surface area contributed by atoms with Gasteiger partial charge in [0.05, 0.1) is 17.3 Å². The summed E-state index contributed by atoms with van der Waals surface area (Å²) < 4.78 is 6.44. The van der Waals surface area contributed by atoms with Crippen LogP contribution in [0.2, 0.25) is 0 Å². The SMILES string of the molecule is CC1(C)CCCC1NCc1occc1Br. The van der Waals surface area contributed by atoms with Gasteiger partial charge in [0.1, 0.15) is 5.76 Å². The van der Waals surface area contributed by atoms with Crippen LogP contribution < -0.4 is 5.32 Å². The van der Waals surface area contributed by atoms with Crippen LogP contribution in [0.25, 0.3) is 0 Å². The van der Waals surface area contributed by atoms with Gasteiger partial charge in [0.15, 0.2) is 0 Å². The predicted octanol–water partition coefficient (Wildman–Crippen LogP) is 3.71. The van der Waals surface area contributed by atoms with Crippen LogP contribution in [0.3, 0.4) is 0 Å². The Kier molecular flexibility index (Phi) is 3.21. The van der Waals surface area contributed by atoms with E-state index in [-0.39, 0.29) is 0 Å². The molecule has 1 N–H and O–H groups in total. The highest BCUT2D eigenvalue weighted by Crippen LogP contribution is 2.37. The van der Waals surface area contributed by atoms with Crippen LogP contribution in [0.5, 0.6) is 0 Å². The van der Waals surface area contributed by atoms with E-state index in [4.69, 9.17) is 4.42 Å². The molecule has 84 valence electrons. The van der Waals surface area contributed by atoms with Gasteiger partial charge in [-0.05, 0) is 40.3 Å². The molecule has 1 saturated carbocycles. The van der Waals surface area contributed by atoms with E-state index in [9.17, 15) is 0 Å². The van der Waals surface area contributed by atoms with E-state index < -0.39 is 0 Å². The second kappa shape index (κ2) is 4.30. The lowest BCUT2D eigenvalue weighted by Gasteiger charge is -2.27. The van der Waals surface area contributed by atoms with Crippen molar-refractivity contribution in [3.63, 3.8) is 0 Å². The fourth-order valence-electron chi connectivity index (χ4n) is 2.37. The van der Waals surface area contributed by atoms with Gasteiger partial charge in [0, 0.05) is 6.04 Å². The fourth-order valence-corrected chi connectivity index (χ4v) is 2.71. The van der Waals surface area contributed by atoms with Crippen molar-refractivity contribution in [1.29, 1.82) is 0 Å². The Morgan fingerprint density at radius 1 is 1.60 bits per heavy atom. The lowest BCUT2D eigenvalue weighted by Crippen LogP contribution is -2.37. The molecule has 0 saturated heterocycles. The molecule has 1 aliphatic carbocycles. The minimum atomic E-state index is 0.430. The Hall–Kier alpha value is -0.280. The van der Waals surface area contributed by atoms with Crippen LogP contribution in [-0.2, 0) is 6.54 Å². The molecule has 0 bridgehead atoms. The van der Waals surface area contributed by atoms with Gasteiger partial charge in [-0.15, -0.1) is 0 Å². The molecule has 0 aromatic carbocycles. The normalized spacial score (nSPS) is 24.6. The maximum atomic E-state index is 5.38. The second-order valence-electron chi connectivity index (χ2n) is 5.01. The molecule has 2 nitrogen and oxygen atoms in total. The molecule has 15 heavy (non-hydrogen) atoms. The molecule has 1 atom stereocenters. The lowest BCUT2D eigenvalue weighted by molar-refractivity contribution is 0.276. The number of hydrogen-bond donors (Lipinski definition) is 1. The third-order valence-electron chi connectivity index (χ3n) is 3.46. The first-order chi connectivity index (χ1) is 7.09. The molecule has 0 aliphatic heterocycles. The second-order valence-corrected chi connectivity index (χ2v) is 5.86. The first kappa shape index (κ1) is 11.2. The van der Waals surface area contributed by atoms with Crippen molar-refractivity contribution in [3.8, 4) is 0 Å². The summed E-state index contributed by atoms with van der Waals surface area (Å²) >= 11 is 3.47. The minimum absolute atomic E-state index is 0.430. The van der Waals surface area contributed by atoms with E-state index in [1.165, 1.54) is 19.3 Å². The summed E-state index contributed by atoms with van der Waals surface area (Å²) in [5, 5.41) is 3.59. The van der Waals surface area contributed by atoms with E-state index in [1.54, 1.807) is 6.26 Å². The third-order valence-corrected chi connectivity index (χ3v) is 4.16. The topological polar surface area (TPSA) is 25.2 Å². The van der Waals surface area contributed by atoms with E-state index in [0.717, 1.165) is 16.8 Å². The maximum absolute atomic E-state index is 5.38. The first-order valence-corrected chi connectivity index (χ1v) is 6.34. The quantitative estimate of drug-likeness (QED) is 0.907. The third kappa shape index (κ3) is 2.45. The van der Waals surface area contributed by atoms with Gasteiger partial charge < -0.3 is 9.73 Å². The van der Waals surface area contributed by atoms with E-state index in [2.05, 4.69) is 35.1 Å². The van der Waals surface area contributed by atoms with Crippen molar-refractivity contribution in [2.45, 2.75) is 45.7 Å². The lowest BCUT2D eigenvalue weighted by atomic mass is 9.87.